The molecule has 0 bridgehead atoms. The molecule has 0 aliphatic carbocycles. The van der Waals surface area contributed by atoms with E-state index in [2.05, 4.69) is 25.8 Å². The Bertz CT molecular complexity index is 447. The monoisotopic (exact) mass is 327 g/mol. The first-order valence-corrected chi connectivity index (χ1v) is 7.14. The molecule has 0 spiro atoms. The molecule has 0 saturated carbocycles. The zero-order chi connectivity index (χ0) is 13.8. The number of rotatable bonds is 3. The van der Waals surface area contributed by atoms with Crippen molar-refractivity contribution in [2.24, 2.45) is 0 Å². The fraction of sp³-hybridized carbons (Fsp3) is 0.538. The van der Waals surface area contributed by atoms with Crippen LogP contribution >= 0.6 is 15.9 Å². The van der Waals surface area contributed by atoms with Gasteiger partial charge in [0.15, 0.2) is 0 Å². The number of hydrogen-bond donors (Lipinski definition) is 1. The van der Waals surface area contributed by atoms with Crippen molar-refractivity contribution >= 4 is 22.0 Å². The highest BCUT2D eigenvalue weighted by atomic mass is 79.9. The summed E-state index contributed by atoms with van der Waals surface area (Å²) in [5.41, 5.74) is 1.04. The van der Waals surface area contributed by atoms with Gasteiger partial charge in [0.2, 0.25) is 0 Å². The molecule has 104 valence electrons. The van der Waals surface area contributed by atoms with Crippen molar-refractivity contribution in [3.8, 4) is 0 Å². The van der Waals surface area contributed by atoms with E-state index in [1.165, 1.54) is 4.90 Å². The Morgan fingerprint density at radius 2 is 2.26 bits per heavy atom. The fourth-order valence-corrected chi connectivity index (χ4v) is 2.77. The Morgan fingerprint density at radius 1 is 1.58 bits per heavy atom. The molecule has 5 nitrogen and oxygen atoms in total. The van der Waals surface area contributed by atoms with Gasteiger partial charge in [-0.2, -0.15) is 0 Å². The lowest BCUT2D eigenvalue weighted by atomic mass is 10.0. The van der Waals surface area contributed by atoms with Gasteiger partial charge in [-0.25, -0.2) is 4.79 Å². The van der Waals surface area contributed by atoms with Gasteiger partial charge in [0.1, 0.15) is 0 Å². The zero-order valence-electron chi connectivity index (χ0n) is 10.9. The number of pyridine rings is 1. The summed E-state index contributed by atoms with van der Waals surface area (Å²) in [6.07, 6.45) is 2.73. The second kappa shape index (κ2) is 6.34. The first kappa shape index (κ1) is 14.3. The van der Waals surface area contributed by atoms with Gasteiger partial charge in [0.05, 0.1) is 5.69 Å². The normalized spacial score (nSPS) is 17.4. The largest absolute Gasteiger partial charge is 0.465 e. The molecule has 1 saturated heterocycles. The summed E-state index contributed by atoms with van der Waals surface area (Å²) >= 11 is 3.44. The van der Waals surface area contributed by atoms with Crippen LogP contribution in [-0.2, 0) is 6.54 Å². The fourth-order valence-electron chi connectivity index (χ4n) is 2.39. The van der Waals surface area contributed by atoms with Crippen molar-refractivity contribution in [3.05, 3.63) is 28.5 Å². The number of aromatic nitrogens is 1. The van der Waals surface area contributed by atoms with E-state index in [0.717, 1.165) is 42.6 Å². The Kier molecular flexibility index (Phi) is 4.76. The van der Waals surface area contributed by atoms with Crippen LogP contribution in [0.4, 0.5) is 4.79 Å². The molecule has 0 unspecified atom stereocenters. The second-order valence-corrected chi connectivity index (χ2v) is 5.78. The molecule has 6 heteroatoms. The van der Waals surface area contributed by atoms with Crippen molar-refractivity contribution in [1.82, 2.24) is 14.8 Å². The lowest BCUT2D eigenvalue weighted by Gasteiger charge is -2.35. The minimum atomic E-state index is -0.841. The Labute approximate surface area is 121 Å². The second-order valence-electron chi connectivity index (χ2n) is 4.87. The van der Waals surface area contributed by atoms with E-state index in [-0.39, 0.29) is 6.04 Å². The number of halogens is 1. The third-order valence-electron chi connectivity index (χ3n) is 3.57. The number of carboxylic acid groups (broad SMARTS) is 1. The van der Waals surface area contributed by atoms with Crippen LogP contribution in [0.1, 0.15) is 18.5 Å². The lowest BCUT2D eigenvalue weighted by Crippen LogP contribution is -2.44. The lowest BCUT2D eigenvalue weighted by molar-refractivity contribution is 0.102. The molecule has 19 heavy (non-hydrogen) atoms. The predicted molar refractivity (Wildman–Crippen MR) is 76.0 cm³/mol. The highest BCUT2D eigenvalue weighted by Gasteiger charge is 2.25. The molecule has 0 aromatic carbocycles. The molecular formula is C13H18BrN3O2. The molecule has 1 aliphatic rings. The predicted octanol–water partition coefficient (Wildman–Crippen LogP) is 2.42. The highest BCUT2D eigenvalue weighted by Crippen LogP contribution is 2.18. The van der Waals surface area contributed by atoms with Crippen molar-refractivity contribution in [3.63, 3.8) is 0 Å². The Hall–Kier alpha value is -1.14. The van der Waals surface area contributed by atoms with Crippen LogP contribution < -0.4 is 0 Å². The van der Waals surface area contributed by atoms with Crippen molar-refractivity contribution in [2.45, 2.75) is 25.4 Å². The summed E-state index contributed by atoms with van der Waals surface area (Å²) in [5.74, 6) is 0. The van der Waals surface area contributed by atoms with Crippen LogP contribution in [0, 0.1) is 0 Å². The standard InChI is InChI=1S/C13H18BrN3O2/c1-16(13(18)19)12-3-6-17(7-4-12)9-11-8-10(14)2-5-15-11/h2,5,8,12H,3-4,6-7,9H2,1H3,(H,18,19). The van der Waals surface area contributed by atoms with E-state index in [1.54, 1.807) is 13.2 Å². The van der Waals surface area contributed by atoms with Gasteiger partial charge in [0.25, 0.3) is 0 Å². The number of nitrogens with zero attached hydrogens (tertiary/aromatic N) is 3. The number of likely N-dealkylation sites (tertiary alicyclic amines) is 1. The van der Waals surface area contributed by atoms with E-state index in [1.807, 2.05) is 12.1 Å². The van der Waals surface area contributed by atoms with Crippen molar-refractivity contribution in [1.29, 1.82) is 0 Å². The third kappa shape index (κ3) is 3.91. The molecule has 0 atom stereocenters. The van der Waals surface area contributed by atoms with Gasteiger partial charge in [-0.15, -0.1) is 0 Å². The van der Waals surface area contributed by atoms with E-state index in [4.69, 9.17) is 5.11 Å². The minimum absolute atomic E-state index is 0.143. The molecule has 1 amide bonds. The molecule has 1 aromatic heterocycles. The van der Waals surface area contributed by atoms with Crippen LogP contribution in [0.5, 0.6) is 0 Å². The van der Waals surface area contributed by atoms with Gasteiger partial charge >= 0.3 is 6.09 Å². The summed E-state index contributed by atoms with van der Waals surface area (Å²) in [4.78, 5) is 19.0. The van der Waals surface area contributed by atoms with Crippen molar-refractivity contribution in [2.75, 3.05) is 20.1 Å². The molecule has 1 N–H and O–H groups in total. The van der Waals surface area contributed by atoms with E-state index < -0.39 is 6.09 Å². The molecular weight excluding hydrogens is 310 g/mol. The molecule has 1 aliphatic heterocycles. The first-order chi connectivity index (χ1) is 9.06. The SMILES string of the molecule is CN(C(=O)O)C1CCN(Cc2cc(Br)ccn2)CC1. The van der Waals surface area contributed by atoms with Gasteiger partial charge in [0, 0.05) is 43.4 Å². The topological polar surface area (TPSA) is 56.7 Å². The molecule has 1 aromatic rings. The summed E-state index contributed by atoms with van der Waals surface area (Å²) in [7, 11) is 1.65. The van der Waals surface area contributed by atoms with Crippen LogP contribution in [-0.4, -0.2) is 52.2 Å². The smallest absolute Gasteiger partial charge is 0.407 e. The van der Waals surface area contributed by atoms with Gasteiger partial charge in [-0.1, -0.05) is 15.9 Å². The summed E-state index contributed by atoms with van der Waals surface area (Å²) < 4.78 is 1.04. The van der Waals surface area contributed by atoms with Crippen LogP contribution in [0.3, 0.4) is 0 Å². The maximum Gasteiger partial charge on any atom is 0.407 e. The summed E-state index contributed by atoms with van der Waals surface area (Å²) in [5, 5.41) is 8.96. The quantitative estimate of drug-likeness (QED) is 0.926. The molecule has 0 radical (unpaired) electrons. The molecule has 2 heterocycles. The van der Waals surface area contributed by atoms with Gasteiger partial charge in [-0.3, -0.25) is 9.88 Å². The van der Waals surface area contributed by atoms with Crippen molar-refractivity contribution < 1.29 is 9.90 Å². The number of amides is 1. The third-order valence-corrected chi connectivity index (χ3v) is 4.06. The maximum atomic E-state index is 10.9. The average molecular weight is 328 g/mol. The Morgan fingerprint density at radius 3 is 2.84 bits per heavy atom. The van der Waals surface area contributed by atoms with E-state index in [9.17, 15) is 4.79 Å². The highest BCUT2D eigenvalue weighted by molar-refractivity contribution is 9.10. The molecule has 2 rings (SSSR count). The first-order valence-electron chi connectivity index (χ1n) is 6.35. The number of carbonyl (C=O) groups is 1. The minimum Gasteiger partial charge on any atom is -0.465 e. The zero-order valence-corrected chi connectivity index (χ0v) is 12.5. The molecule has 1 fully saturated rings. The summed E-state index contributed by atoms with van der Waals surface area (Å²) in [6.45, 7) is 2.65. The number of hydrogen-bond acceptors (Lipinski definition) is 3. The van der Waals surface area contributed by atoms with Crippen LogP contribution in [0.25, 0.3) is 0 Å². The average Bonchev–Trinajstić information content (AvgIpc) is 2.39. The van der Waals surface area contributed by atoms with Gasteiger partial charge < -0.3 is 10.0 Å². The maximum absolute atomic E-state index is 10.9. The van der Waals surface area contributed by atoms with Gasteiger partial charge in [-0.05, 0) is 25.0 Å². The summed E-state index contributed by atoms with van der Waals surface area (Å²) in [6, 6.07) is 4.08. The van der Waals surface area contributed by atoms with Crippen LogP contribution in [0.2, 0.25) is 0 Å². The number of piperidine rings is 1. The van der Waals surface area contributed by atoms with E-state index in [0.29, 0.717) is 0 Å². The van der Waals surface area contributed by atoms with E-state index >= 15 is 0 Å². The Balaban J connectivity index is 1.85. The van der Waals surface area contributed by atoms with Crippen LogP contribution in [0.15, 0.2) is 22.8 Å².